The van der Waals surface area contributed by atoms with E-state index in [1.807, 2.05) is 25.1 Å². The predicted octanol–water partition coefficient (Wildman–Crippen LogP) is 4.83. The highest BCUT2D eigenvalue weighted by atomic mass is 32.2. The van der Waals surface area contributed by atoms with Gasteiger partial charge < -0.3 is 10.4 Å². The summed E-state index contributed by atoms with van der Waals surface area (Å²) < 4.78 is 0. The van der Waals surface area contributed by atoms with E-state index in [9.17, 15) is 9.59 Å². The number of carboxylic acid groups (broad SMARTS) is 1. The molecule has 5 heteroatoms. The van der Waals surface area contributed by atoms with Gasteiger partial charge in [0.2, 0.25) is 5.91 Å². The van der Waals surface area contributed by atoms with Gasteiger partial charge in [-0.1, -0.05) is 54.3 Å². The molecular formula is C22H25NO3S. The maximum Gasteiger partial charge on any atom is 0.330 e. The molecular weight excluding hydrogens is 358 g/mol. The molecule has 0 saturated heterocycles. The molecule has 0 aliphatic heterocycles. The fourth-order valence-electron chi connectivity index (χ4n) is 2.07. The number of hydrogen-bond donors (Lipinski definition) is 2. The standard InChI is InChI=1S/C16H15NOS.C6H10O2/c1-12-5-3-8-16(11-12)19-15-7-4-6-14(9-10-15)17-13(2)18;1-3-4-5(2)6(7)8/h3,5,8-11H,6H2,1-2H3,(H,17,18);4H,3H2,1-2H3,(H,7,8)/b;5-4+. The van der Waals surface area contributed by atoms with Crippen LogP contribution in [0.1, 0.15) is 39.2 Å². The van der Waals surface area contributed by atoms with E-state index in [-0.39, 0.29) is 5.91 Å². The Labute approximate surface area is 165 Å². The molecule has 1 aliphatic carbocycles. The Hall–Kier alpha value is -2.71. The Balaban J connectivity index is 0.000000387. The van der Waals surface area contributed by atoms with Crippen LogP contribution in [0.2, 0.25) is 0 Å². The van der Waals surface area contributed by atoms with Crippen LogP contribution in [-0.4, -0.2) is 17.0 Å². The Bertz CT molecular complexity index is 839. The maximum absolute atomic E-state index is 11.0. The monoisotopic (exact) mass is 383 g/mol. The smallest absolute Gasteiger partial charge is 0.330 e. The second kappa shape index (κ2) is 11.8. The van der Waals surface area contributed by atoms with E-state index in [1.54, 1.807) is 24.8 Å². The first-order valence-corrected chi connectivity index (χ1v) is 9.45. The van der Waals surface area contributed by atoms with Crippen molar-refractivity contribution < 1.29 is 14.7 Å². The van der Waals surface area contributed by atoms with E-state index >= 15 is 0 Å². The number of thioether (sulfide) groups is 1. The topological polar surface area (TPSA) is 66.4 Å². The minimum absolute atomic E-state index is 0.0590. The van der Waals surface area contributed by atoms with Gasteiger partial charge in [0, 0.05) is 29.5 Å². The molecule has 1 aromatic rings. The zero-order chi connectivity index (χ0) is 20.2. The van der Waals surface area contributed by atoms with Crippen LogP contribution in [0.5, 0.6) is 0 Å². The van der Waals surface area contributed by atoms with Gasteiger partial charge in [-0.25, -0.2) is 4.79 Å². The second-order valence-corrected chi connectivity index (χ2v) is 7.02. The molecule has 1 aromatic carbocycles. The van der Waals surface area contributed by atoms with Gasteiger partial charge in [0.1, 0.15) is 0 Å². The van der Waals surface area contributed by atoms with Crippen LogP contribution in [0.15, 0.2) is 63.6 Å². The number of allylic oxidation sites excluding steroid dienone is 5. The summed E-state index contributed by atoms with van der Waals surface area (Å²) in [7, 11) is 0. The van der Waals surface area contributed by atoms with Crippen molar-refractivity contribution in [1.29, 1.82) is 0 Å². The number of benzene rings is 1. The molecule has 1 amide bonds. The van der Waals surface area contributed by atoms with Crippen LogP contribution >= 0.6 is 11.8 Å². The number of nitrogens with one attached hydrogen (secondary N) is 1. The van der Waals surface area contributed by atoms with Gasteiger partial charge in [-0.15, -0.1) is 0 Å². The molecule has 2 rings (SSSR count). The van der Waals surface area contributed by atoms with Gasteiger partial charge in [-0.2, -0.15) is 0 Å². The molecule has 27 heavy (non-hydrogen) atoms. The fraction of sp³-hybridized carbons (Fsp3) is 0.273. The third-order valence-electron chi connectivity index (χ3n) is 3.33. The lowest BCUT2D eigenvalue weighted by Crippen LogP contribution is -2.18. The first-order valence-electron chi connectivity index (χ1n) is 8.63. The molecule has 142 valence electrons. The maximum atomic E-state index is 11.0. The summed E-state index contributed by atoms with van der Waals surface area (Å²) in [4.78, 5) is 23.2. The minimum Gasteiger partial charge on any atom is -0.478 e. The van der Waals surface area contributed by atoms with E-state index in [0.29, 0.717) is 12.0 Å². The molecule has 0 aromatic heterocycles. The average Bonchev–Trinajstić information content (AvgIpc) is 2.80. The highest BCUT2D eigenvalue weighted by Gasteiger charge is 2.03. The van der Waals surface area contributed by atoms with Gasteiger partial charge in [0.25, 0.3) is 0 Å². The average molecular weight is 384 g/mol. The van der Waals surface area contributed by atoms with E-state index < -0.39 is 5.97 Å². The fourth-order valence-corrected chi connectivity index (χ4v) is 2.98. The first-order chi connectivity index (χ1) is 12.8. The minimum atomic E-state index is -0.827. The number of carbonyl (C=O) groups is 2. The van der Waals surface area contributed by atoms with Gasteiger partial charge in [0.15, 0.2) is 0 Å². The zero-order valence-corrected chi connectivity index (χ0v) is 16.9. The van der Waals surface area contributed by atoms with Crippen molar-refractivity contribution in [3.05, 3.63) is 64.2 Å². The number of aryl methyl sites for hydroxylation is 1. The first kappa shape index (κ1) is 22.3. The number of rotatable bonds is 5. The molecule has 0 saturated carbocycles. The van der Waals surface area contributed by atoms with Gasteiger partial charge in [0.05, 0.1) is 4.91 Å². The third kappa shape index (κ3) is 9.53. The number of amides is 1. The number of aliphatic carboxylic acids is 1. The Morgan fingerprint density at radius 1 is 1.30 bits per heavy atom. The quantitative estimate of drug-likeness (QED) is 0.565. The summed E-state index contributed by atoms with van der Waals surface area (Å²) in [5.74, 6) is 5.30. The van der Waals surface area contributed by atoms with E-state index in [0.717, 1.165) is 17.0 Å². The molecule has 0 heterocycles. The van der Waals surface area contributed by atoms with Crippen LogP contribution in [0.3, 0.4) is 0 Å². The molecule has 0 unspecified atom stereocenters. The number of carbonyl (C=O) groups excluding carboxylic acids is 1. The van der Waals surface area contributed by atoms with Crippen molar-refractivity contribution in [3.63, 3.8) is 0 Å². The number of hydrogen-bond acceptors (Lipinski definition) is 3. The molecule has 4 nitrogen and oxygen atoms in total. The van der Waals surface area contributed by atoms with Crippen LogP contribution in [-0.2, 0) is 9.59 Å². The van der Waals surface area contributed by atoms with Gasteiger partial charge in [-0.3, -0.25) is 4.79 Å². The Kier molecular flexibility index (Phi) is 9.78. The van der Waals surface area contributed by atoms with Crippen molar-refractivity contribution in [2.45, 2.75) is 45.4 Å². The number of carboxylic acids is 1. The Morgan fingerprint density at radius 2 is 2.04 bits per heavy atom. The SMILES string of the molecule is CC(=O)NC1=CC=C(Sc2cccc(C)c2)C#CC1.CC/C=C(\C)C(=O)O. The van der Waals surface area contributed by atoms with Crippen LogP contribution in [0.25, 0.3) is 0 Å². The summed E-state index contributed by atoms with van der Waals surface area (Å²) >= 11 is 1.64. The largest absolute Gasteiger partial charge is 0.478 e. The molecule has 0 radical (unpaired) electrons. The van der Waals surface area contributed by atoms with E-state index in [1.165, 1.54) is 17.4 Å². The molecule has 0 bridgehead atoms. The van der Waals surface area contributed by atoms with Crippen molar-refractivity contribution >= 4 is 23.6 Å². The summed E-state index contributed by atoms with van der Waals surface area (Å²) in [5, 5.41) is 11.0. The molecule has 0 fully saturated rings. The molecule has 2 N–H and O–H groups in total. The predicted molar refractivity (Wildman–Crippen MR) is 111 cm³/mol. The lowest BCUT2D eigenvalue weighted by molar-refractivity contribution is -0.132. The molecule has 1 aliphatic rings. The molecule has 0 spiro atoms. The summed E-state index contributed by atoms with van der Waals surface area (Å²) in [6, 6.07) is 8.33. The normalized spacial score (nSPS) is 13.0. The lowest BCUT2D eigenvalue weighted by atomic mass is 10.2. The van der Waals surface area contributed by atoms with Gasteiger partial charge >= 0.3 is 5.97 Å². The van der Waals surface area contributed by atoms with Crippen LogP contribution in [0, 0.1) is 18.8 Å². The summed E-state index contributed by atoms with van der Waals surface area (Å²) in [6.45, 7) is 7.08. The third-order valence-corrected chi connectivity index (χ3v) is 4.28. The van der Waals surface area contributed by atoms with Crippen molar-refractivity contribution in [3.8, 4) is 11.8 Å². The highest BCUT2D eigenvalue weighted by molar-refractivity contribution is 8.03. The Morgan fingerprint density at radius 3 is 2.59 bits per heavy atom. The highest BCUT2D eigenvalue weighted by Crippen LogP contribution is 2.27. The van der Waals surface area contributed by atoms with Crippen molar-refractivity contribution in [2.75, 3.05) is 0 Å². The zero-order valence-electron chi connectivity index (χ0n) is 16.1. The lowest BCUT2D eigenvalue weighted by Gasteiger charge is -2.02. The van der Waals surface area contributed by atoms with Crippen LogP contribution < -0.4 is 5.32 Å². The summed E-state index contributed by atoms with van der Waals surface area (Å²) in [5.41, 5.74) is 2.51. The van der Waals surface area contributed by atoms with E-state index in [4.69, 9.17) is 5.11 Å². The van der Waals surface area contributed by atoms with Crippen molar-refractivity contribution in [2.24, 2.45) is 0 Å². The van der Waals surface area contributed by atoms with Crippen LogP contribution in [0.4, 0.5) is 0 Å². The second-order valence-electron chi connectivity index (χ2n) is 5.90. The molecule has 0 atom stereocenters. The van der Waals surface area contributed by atoms with Crippen molar-refractivity contribution in [1.82, 2.24) is 5.32 Å². The van der Waals surface area contributed by atoms with Gasteiger partial charge in [-0.05, 0) is 44.6 Å². The summed E-state index contributed by atoms with van der Waals surface area (Å²) in [6.07, 6.45) is 6.92. The van der Waals surface area contributed by atoms with E-state index in [2.05, 4.69) is 42.3 Å².